The molecule has 2 aromatic carbocycles. The molecule has 5 rings (SSSR count). The molecule has 0 amide bonds. The van der Waals surface area contributed by atoms with Gasteiger partial charge in [-0.1, -0.05) is 18.2 Å². The molecule has 0 saturated carbocycles. The molecule has 2 aromatic heterocycles. The summed E-state index contributed by atoms with van der Waals surface area (Å²) in [6.07, 6.45) is 3.58. The molecule has 39 heavy (non-hydrogen) atoms. The molecule has 3 heterocycles. The third-order valence-corrected chi connectivity index (χ3v) is 6.81. The number of nitrogens with zero attached hydrogens (tertiary/aromatic N) is 4. The van der Waals surface area contributed by atoms with Crippen LogP contribution in [0.25, 0.3) is 11.0 Å². The Hall–Kier alpha value is -3.50. The number of fused-ring (bicyclic) bond motifs is 1. The minimum Gasteiger partial charge on any atom is -0.497 e. The molecule has 9 heteroatoms. The lowest BCUT2D eigenvalue weighted by atomic mass is 10.1. The number of aromatic nitrogens is 3. The molecule has 1 saturated heterocycles. The lowest BCUT2D eigenvalue weighted by Gasteiger charge is -2.26. The Kier molecular flexibility index (Phi) is 9.75. The van der Waals surface area contributed by atoms with Crippen molar-refractivity contribution in [3.8, 4) is 5.75 Å². The van der Waals surface area contributed by atoms with E-state index in [-0.39, 0.29) is 0 Å². The molecule has 1 aliphatic rings. The minimum atomic E-state index is 0.438. The summed E-state index contributed by atoms with van der Waals surface area (Å²) in [5.74, 6) is 0.849. The summed E-state index contributed by atoms with van der Waals surface area (Å²) in [7, 11) is 1.70. The Balaban J connectivity index is 1.19. The number of benzene rings is 2. The van der Waals surface area contributed by atoms with Gasteiger partial charge in [0, 0.05) is 44.6 Å². The predicted molar refractivity (Wildman–Crippen MR) is 151 cm³/mol. The smallest absolute Gasteiger partial charge is 0.119 e. The van der Waals surface area contributed by atoms with Crippen LogP contribution in [0.2, 0.25) is 0 Å². The summed E-state index contributed by atoms with van der Waals surface area (Å²) in [5.41, 5.74) is 6.33. The number of pyridine rings is 1. The van der Waals surface area contributed by atoms with E-state index in [9.17, 15) is 0 Å². The molecule has 0 bridgehead atoms. The molecule has 0 atom stereocenters. The molecule has 206 valence electrons. The molecule has 9 nitrogen and oxygen atoms in total. The standard InChI is InChI=1S/C30H37N5O4/c1-36-28-4-2-3-24(17-28)20-35(21-25-5-6-29-30(18-25)33-23-32-29)27-7-8-31-26(19-27)22-39-16-15-38-14-11-34-9-12-37-13-10-34/h2-8,17-19,23H,9-16,20-22H2,1H3,(H,32,33). The zero-order valence-corrected chi connectivity index (χ0v) is 22.6. The highest BCUT2D eigenvalue weighted by Gasteiger charge is 2.12. The number of imidazole rings is 1. The molecular weight excluding hydrogens is 494 g/mol. The third kappa shape index (κ3) is 8.00. The van der Waals surface area contributed by atoms with Gasteiger partial charge in [-0.15, -0.1) is 0 Å². The Morgan fingerprint density at radius 3 is 2.64 bits per heavy atom. The quantitative estimate of drug-likeness (QED) is 0.244. The van der Waals surface area contributed by atoms with Gasteiger partial charge in [0.05, 0.1) is 69.8 Å². The van der Waals surface area contributed by atoms with Crippen molar-refractivity contribution in [1.82, 2.24) is 19.9 Å². The fourth-order valence-electron chi connectivity index (χ4n) is 4.69. The number of hydrogen-bond donors (Lipinski definition) is 1. The second-order valence-electron chi connectivity index (χ2n) is 9.59. The van der Waals surface area contributed by atoms with Gasteiger partial charge in [0.1, 0.15) is 5.75 Å². The van der Waals surface area contributed by atoms with Crippen molar-refractivity contribution in [2.75, 3.05) is 64.7 Å². The average Bonchev–Trinajstić information content (AvgIpc) is 3.45. The first-order valence-electron chi connectivity index (χ1n) is 13.5. The monoisotopic (exact) mass is 531 g/mol. The van der Waals surface area contributed by atoms with Crippen LogP contribution < -0.4 is 9.64 Å². The van der Waals surface area contributed by atoms with E-state index >= 15 is 0 Å². The Labute approximate surface area is 229 Å². The van der Waals surface area contributed by atoms with E-state index in [0.717, 1.165) is 74.1 Å². The first-order valence-corrected chi connectivity index (χ1v) is 13.5. The van der Waals surface area contributed by atoms with Crippen molar-refractivity contribution in [3.05, 3.63) is 83.9 Å². The van der Waals surface area contributed by atoms with E-state index in [4.69, 9.17) is 18.9 Å². The number of nitrogens with one attached hydrogen (secondary N) is 1. The Morgan fingerprint density at radius 1 is 0.923 bits per heavy atom. The van der Waals surface area contributed by atoms with E-state index < -0.39 is 0 Å². The van der Waals surface area contributed by atoms with E-state index in [1.165, 1.54) is 11.1 Å². The van der Waals surface area contributed by atoms with Crippen LogP contribution >= 0.6 is 0 Å². The lowest BCUT2D eigenvalue weighted by Crippen LogP contribution is -2.38. The number of morpholine rings is 1. The number of H-pyrrole nitrogens is 1. The maximum Gasteiger partial charge on any atom is 0.119 e. The van der Waals surface area contributed by atoms with Crippen LogP contribution in [0.3, 0.4) is 0 Å². The molecule has 0 spiro atoms. The lowest BCUT2D eigenvalue weighted by molar-refractivity contribution is 0.00553. The van der Waals surface area contributed by atoms with Crippen molar-refractivity contribution < 1.29 is 18.9 Å². The molecule has 4 aromatic rings. The molecular formula is C30H37N5O4. The van der Waals surface area contributed by atoms with Crippen LogP contribution in [-0.2, 0) is 33.9 Å². The molecule has 0 radical (unpaired) electrons. The van der Waals surface area contributed by atoms with Gasteiger partial charge < -0.3 is 28.8 Å². The van der Waals surface area contributed by atoms with Gasteiger partial charge in [-0.2, -0.15) is 0 Å². The largest absolute Gasteiger partial charge is 0.497 e. The number of ether oxygens (including phenoxy) is 4. The summed E-state index contributed by atoms with van der Waals surface area (Å²) >= 11 is 0. The van der Waals surface area contributed by atoms with Crippen LogP contribution in [0, 0.1) is 0 Å². The van der Waals surface area contributed by atoms with Crippen LogP contribution in [0.15, 0.2) is 67.1 Å². The topological polar surface area (TPSA) is 85.0 Å². The summed E-state index contributed by atoms with van der Waals surface area (Å²) in [6.45, 7) is 8.22. The third-order valence-electron chi connectivity index (χ3n) is 6.81. The van der Waals surface area contributed by atoms with Gasteiger partial charge >= 0.3 is 0 Å². The van der Waals surface area contributed by atoms with Gasteiger partial charge in [-0.25, -0.2) is 4.98 Å². The van der Waals surface area contributed by atoms with Gasteiger partial charge in [0.15, 0.2) is 0 Å². The van der Waals surface area contributed by atoms with E-state index in [1.54, 1.807) is 13.4 Å². The van der Waals surface area contributed by atoms with Crippen molar-refractivity contribution >= 4 is 16.7 Å². The van der Waals surface area contributed by atoms with Crippen molar-refractivity contribution in [2.45, 2.75) is 19.7 Å². The van der Waals surface area contributed by atoms with Gasteiger partial charge in [0.2, 0.25) is 0 Å². The SMILES string of the molecule is COc1cccc(CN(Cc2ccc3nc[nH]c3c2)c2ccnc(COCCOCCN3CCOCC3)c2)c1. The van der Waals surface area contributed by atoms with Gasteiger partial charge in [-0.3, -0.25) is 9.88 Å². The second-order valence-corrected chi connectivity index (χ2v) is 9.59. The van der Waals surface area contributed by atoms with Crippen LogP contribution in [-0.4, -0.2) is 79.6 Å². The molecule has 0 unspecified atom stereocenters. The zero-order valence-electron chi connectivity index (χ0n) is 22.6. The fourth-order valence-corrected chi connectivity index (χ4v) is 4.69. The predicted octanol–water partition coefficient (Wildman–Crippen LogP) is 4.04. The molecule has 0 aliphatic carbocycles. The first kappa shape index (κ1) is 27.1. The van der Waals surface area contributed by atoms with Gasteiger partial charge in [-0.05, 0) is 47.5 Å². The van der Waals surface area contributed by atoms with Crippen LogP contribution in [0.1, 0.15) is 16.8 Å². The summed E-state index contributed by atoms with van der Waals surface area (Å²) < 4.78 is 22.5. The summed E-state index contributed by atoms with van der Waals surface area (Å²) in [5, 5.41) is 0. The highest BCUT2D eigenvalue weighted by atomic mass is 16.5. The first-order chi connectivity index (χ1) is 19.3. The van der Waals surface area contributed by atoms with Crippen LogP contribution in [0.5, 0.6) is 5.75 Å². The number of hydrogen-bond acceptors (Lipinski definition) is 8. The maximum absolute atomic E-state index is 5.89. The summed E-state index contributed by atoms with van der Waals surface area (Å²) in [4.78, 5) is 16.8. The van der Waals surface area contributed by atoms with Gasteiger partial charge in [0.25, 0.3) is 0 Å². The number of aromatic amines is 1. The number of rotatable bonds is 14. The van der Waals surface area contributed by atoms with E-state index in [2.05, 4.69) is 61.1 Å². The molecule has 1 N–H and O–H groups in total. The van der Waals surface area contributed by atoms with E-state index in [1.807, 2.05) is 24.4 Å². The van der Waals surface area contributed by atoms with Crippen LogP contribution in [0.4, 0.5) is 5.69 Å². The van der Waals surface area contributed by atoms with Crippen molar-refractivity contribution in [2.24, 2.45) is 0 Å². The normalized spacial score (nSPS) is 14.1. The number of methoxy groups -OCH3 is 1. The highest BCUT2D eigenvalue weighted by molar-refractivity contribution is 5.75. The van der Waals surface area contributed by atoms with E-state index in [0.29, 0.717) is 26.4 Å². The minimum absolute atomic E-state index is 0.438. The fraction of sp³-hybridized carbons (Fsp3) is 0.400. The zero-order chi connectivity index (χ0) is 26.7. The second kappa shape index (κ2) is 14.0. The number of anilines is 1. The highest BCUT2D eigenvalue weighted by Crippen LogP contribution is 2.24. The van der Waals surface area contributed by atoms with Crippen molar-refractivity contribution in [1.29, 1.82) is 0 Å². The molecule has 1 fully saturated rings. The maximum atomic E-state index is 5.89. The van der Waals surface area contributed by atoms with Crippen molar-refractivity contribution in [3.63, 3.8) is 0 Å². The molecule has 1 aliphatic heterocycles. The summed E-state index contributed by atoms with van der Waals surface area (Å²) in [6, 6.07) is 18.7. The Bertz CT molecular complexity index is 1310. The Morgan fingerprint density at radius 2 is 1.77 bits per heavy atom. The average molecular weight is 532 g/mol.